The van der Waals surface area contributed by atoms with Gasteiger partial charge in [0.2, 0.25) is 5.91 Å². The lowest BCUT2D eigenvalue weighted by atomic mass is 10.0. The van der Waals surface area contributed by atoms with E-state index in [1.165, 1.54) is 5.56 Å². The lowest BCUT2D eigenvalue weighted by molar-refractivity contribution is -0.121. The Hall–Kier alpha value is -2.47. The number of hydrogen-bond acceptors (Lipinski definition) is 2. The Morgan fingerprint density at radius 2 is 2.17 bits per heavy atom. The van der Waals surface area contributed by atoms with Crippen molar-refractivity contribution in [3.63, 3.8) is 0 Å². The number of amides is 1. The zero-order valence-electron chi connectivity index (χ0n) is 13.6. The highest BCUT2D eigenvalue weighted by molar-refractivity contribution is 5.87. The number of fused-ring (bicyclic) bond motifs is 1. The van der Waals surface area contributed by atoms with Crippen LogP contribution in [0.15, 0.2) is 36.4 Å². The molecule has 23 heavy (non-hydrogen) atoms. The molecule has 0 aliphatic heterocycles. The summed E-state index contributed by atoms with van der Waals surface area (Å²) >= 11 is 0. The molecule has 2 rings (SSSR count). The van der Waals surface area contributed by atoms with Crippen molar-refractivity contribution in [2.75, 3.05) is 13.2 Å². The Kier molecular flexibility index (Phi) is 6.50. The van der Waals surface area contributed by atoms with Crippen LogP contribution in [0, 0.1) is 12.3 Å². The van der Waals surface area contributed by atoms with Crippen molar-refractivity contribution in [2.24, 2.45) is 0 Å². The third-order valence-electron chi connectivity index (χ3n) is 3.74. The van der Waals surface area contributed by atoms with Gasteiger partial charge in [-0.2, -0.15) is 0 Å². The van der Waals surface area contributed by atoms with Gasteiger partial charge in [-0.3, -0.25) is 4.79 Å². The van der Waals surface area contributed by atoms with Crippen LogP contribution in [0.25, 0.3) is 10.8 Å². The van der Waals surface area contributed by atoms with Crippen molar-refractivity contribution < 1.29 is 9.53 Å². The standard InChI is InChI=1S/C20H23NO2/c1-3-5-9-20(22)21-13-12-17-8-6-7-16-10-11-18(15-19(16)17)23-14-4-2/h2,6-8,10-11,15H,3,5,9,12-14H2,1H3,(H,21,22). The molecule has 0 saturated carbocycles. The molecule has 1 N–H and O–H groups in total. The number of hydrogen-bond donors (Lipinski definition) is 1. The first-order chi connectivity index (χ1) is 11.2. The zero-order valence-corrected chi connectivity index (χ0v) is 13.6. The molecule has 0 heterocycles. The summed E-state index contributed by atoms with van der Waals surface area (Å²) in [6, 6.07) is 12.2. The summed E-state index contributed by atoms with van der Waals surface area (Å²) in [7, 11) is 0. The summed E-state index contributed by atoms with van der Waals surface area (Å²) in [5.74, 6) is 3.38. The van der Waals surface area contributed by atoms with Gasteiger partial charge in [-0.1, -0.05) is 43.5 Å². The number of benzene rings is 2. The Morgan fingerprint density at radius 1 is 1.30 bits per heavy atom. The number of terminal acetylenes is 1. The third kappa shape index (κ3) is 5.03. The van der Waals surface area contributed by atoms with E-state index in [0.29, 0.717) is 13.0 Å². The summed E-state index contributed by atoms with van der Waals surface area (Å²) in [5, 5.41) is 5.29. The molecule has 0 aromatic heterocycles. The molecule has 0 saturated heterocycles. The minimum atomic E-state index is 0.130. The maximum Gasteiger partial charge on any atom is 0.220 e. The van der Waals surface area contributed by atoms with Gasteiger partial charge in [-0.05, 0) is 41.3 Å². The topological polar surface area (TPSA) is 38.3 Å². The zero-order chi connectivity index (χ0) is 16.5. The van der Waals surface area contributed by atoms with Crippen molar-refractivity contribution in [1.29, 1.82) is 0 Å². The minimum absolute atomic E-state index is 0.130. The fourth-order valence-electron chi connectivity index (χ4n) is 2.51. The van der Waals surface area contributed by atoms with Crippen molar-refractivity contribution in [1.82, 2.24) is 5.32 Å². The van der Waals surface area contributed by atoms with Gasteiger partial charge < -0.3 is 10.1 Å². The van der Waals surface area contributed by atoms with Crippen molar-refractivity contribution in [3.05, 3.63) is 42.0 Å². The summed E-state index contributed by atoms with van der Waals surface area (Å²) in [5.41, 5.74) is 1.20. The summed E-state index contributed by atoms with van der Waals surface area (Å²) in [6.45, 7) is 3.00. The Labute approximate surface area is 138 Å². The van der Waals surface area contributed by atoms with Gasteiger partial charge in [0.25, 0.3) is 0 Å². The number of ether oxygens (including phenoxy) is 1. The molecular formula is C20H23NO2. The van der Waals surface area contributed by atoms with E-state index >= 15 is 0 Å². The van der Waals surface area contributed by atoms with Gasteiger partial charge in [-0.25, -0.2) is 0 Å². The molecule has 3 nitrogen and oxygen atoms in total. The van der Waals surface area contributed by atoms with Crippen LogP contribution in [0.3, 0.4) is 0 Å². The lowest BCUT2D eigenvalue weighted by Crippen LogP contribution is -2.25. The molecule has 0 unspecified atom stereocenters. The van der Waals surface area contributed by atoms with Crippen LogP contribution in [0.4, 0.5) is 0 Å². The van der Waals surface area contributed by atoms with Crippen LogP contribution in [0.5, 0.6) is 5.75 Å². The second-order valence-corrected chi connectivity index (χ2v) is 5.50. The summed E-state index contributed by atoms with van der Waals surface area (Å²) < 4.78 is 5.50. The molecule has 0 bridgehead atoms. The highest BCUT2D eigenvalue weighted by Crippen LogP contribution is 2.24. The van der Waals surface area contributed by atoms with Crippen LogP contribution in [-0.4, -0.2) is 19.1 Å². The highest BCUT2D eigenvalue weighted by atomic mass is 16.5. The van der Waals surface area contributed by atoms with E-state index in [-0.39, 0.29) is 12.5 Å². The van der Waals surface area contributed by atoms with Gasteiger partial charge in [-0.15, -0.1) is 6.42 Å². The number of unbranched alkanes of at least 4 members (excludes halogenated alkanes) is 1. The molecule has 0 spiro atoms. The molecule has 0 fully saturated rings. The van der Waals surface area contributed by atoms with E-state index in [4.69, 9.17) is 11.2 Å². The largest absolute Gasteiger partial charge is 0.481 e. The predicted molar refractivity (Wildman–Crippen MR) is 94.5 cm³/mol. The van der Waals surface area contributed by atoms with E-state index in [2.05, 4.69) is 30.3 Å². The van der Waals surface area contributed by atoms with Crippen molar-refractivity contribution in [3.8, 4) is 18.1 Å². The third-order valence-corrected chi connectivity index (χ3v) is 3.74. The van der Waals surface area contributed by atoms with Crippen molar-refractivity contribution >= 4 is 16.7 Å². The first-order valence-electron chi connectivity index (χ1n) is 8.09. The van der Waals surface area contributed by atoms with E-state index in [9.17, 15) is 4.79 Å². The number of nitrogens with one attached hydrogen (secondary N) is 1. The Morgan fingerprint density at radius 3 is 2.96 bits per heavy atom. The fraction of sp³-hybridized carbons (Fsp3) is 0.350. The molecule has 1 amide bonds. The van der Waals surface area contributed by atoms with E-state index in [0.717, 1.165) is 35.8 Å². The van der Waals surface area contributed by atoms with Crippen molar-refractivity contribution in [2.45, 2.75) is 32.6 Å². The van der Waals surface area contributed by atoms with E-state index < -0.39 is 0 Å². The molecular weight excluding hydrogens is 286 g/mol. The van der Waals surface area contributed by atoms with E-state index in [1.54, 1.807) is 0 Å². The quantitative estimate of drug-likeness (QED) is 0.755. The van der Waals surface area contributed by atoms with Gasteiger partial charge in [0.05, 0.1) is 0 Å². The first-order valence-corrected chi connectivity index (χ1v) is 8.09. The fourth-order valence-corrected chi connectivity index (χ4v) is 2.51. The molecule has 0 aliphatic rings. The average Bonchev–Trinajstić information content (AvgIpc) is 2.58. The number of rotatable bonds is 8. The van der Waals surface area contributed by atoms with Gasteiger partial charge in [0.1, 0.15) is 12.4 Å². The van der Waals surface area contributed by atoms with Crippen LogP contribution in [0.1, 0.15) is 31.7 Å². The Balaban J connectivity index is 2.04. The lowest BCUT2D eigenvalue weighted by Gasteiger charge is -2.10. The van der Waals surface area contributed by atoms with Crippen LogP contribution >= 0.6 is 0 Å². The molecule has 0 atom stereocenters. The van der Waals surface area contributed by atoms with Crippen LogP contribution in [0.2, 0.25) is 0 Å². The highest BCUT2D eigenvalue weighted by Gasteiger charge is 2.05. The molecule has 2 aromatic carbocycles. The number of carbonyl (C=O) groups is 1. The maximum absolute atomic E-state index is 11.7. The molecule has 0 radical (unpaired) electrons. The normalized spacial score (nSPS) is 10.3. The van der Waals surface area contributed by atoms with Gasteiger partial charge >= 0.3 is 0 Å². The Bertz CT molecular complexity index is 700. The minimum Gasteiger partial charge on any atom is -0.481 e. The average molecular weight is 309 g/mol. The van der Waals surface area contributed by atoms with Crippen LogP contribution in [-0.2, 0) is 11.2 Å². The molecule has 0 aliphatic carbocycles. The predicted octanol–water partition coefficient (Wildman–Crippen LogP) is 3.70. The monoisotopic (exact) mass is 309 g/mol. The SMILES string of the molecule is C#CCOc1ccc2cccc(CCNC(=O)CCCC)c2c1. The smallest absolute Gasteiger partial charge is 0.220 e. The van der Waals surface area contributed by atoms with E-state index in [1.807, 2.05) is 24.3 Å². The molecule has 3 heteroatoms. The van der Waals surface area contributed by atoms with Gasteiger partial charge in [0.15, 0.2) is 0 Å². The number of carbonyl (C=O) groups excluding carboxylic acids is 1. The maximum atomic E-state index is 11.7. The molecule has 120 valence electrons. The van der Waals surface area contributed by atoms with Crippen LogP contribution < -0.4 is 10.1 Å². The summed E-state index contributed by atoms with van der Waals surface area (Å²) in [4.78, 5) is 11.7. The second-order valence-electron chi connectivity index (χ2n) is 5.50. The first kappa shape index (κ1) is 16.9. The second kappa shape index (κ2) is 8.85. The summed E-state index contributed by atoms with van der Waals surface area (Å²) in [6.07, 6.45) is 8.62. The van der Waals surface area contributed by atoms with Gasteiger partial charge in [0, 0.05) is 13.0 Å². The molecule has 2 aromatic rings.